The van der Waals surface area contributed by atoms with E-state index in [1.165, 1.54) is 0 Å². The Morgan fingerprint density at radius 1 is 1.57 bits per heavy atom. The third-order valence-electron chi connectivity index (χ3n) is 2.09. The fourth-order valence-corrected chi connectivity index (χ4v) is 1.40. The molecule has 0 amide bonds. The second-order valence-electron chi connectivity index (χ2n) is 3.12. The summed E-state index contributed by atoms with van der Waals surface area (Å²) in [5.74, 6) is 0.196. The lowest BCUT2D eigenvalue weighted by molar-refractivity contribution is 0.150. The third-order valence-corrected chi connectivity index (χ3v) is 2.09. The number of ether oxygens (including phenoxy) is 1. The lowest BCUT2D eigenvalue weighted by atomic mass is 10.1. The Balaban J connectivity index is 1.99. The van der Waals surface area contributed by atoms with Gasteiger partial charge in [-0.3, -0.25) is 0 Å². The molecule has 1 aromatic heterocycles. The predicted molar refractivity (Wildman–Crippen MR) is 45.5 cm³/mol. The first-order valence-electron chi connectivity index (χ1n) is 4.50. The molecule has 6 heteroatoms. The summed E-state index contributed by atoms with van der Waals surface area (Å²) in [5.41, 5.74) is 0.107. The maximum absolute atomic E-state index is 8.63. The second-order valence-corrected chi connectivity index (χ2v) is 3.12. The van der Waals surface area contributed by atoms with Gasteiger partial charge in [-0.25, -0.2) is 4.63 Å². The molecule has 1 atom stereocenters. The van der Waals surface area contributed by atoms with Gasteiger partial charge in [-0.1, -0.05) is 0 Å². The lowest BCUT2D eigenvalue weighted by Gasteiger charge is -2.22. The highest BCUT2D eigenvalue weighted by molar-refractivity contribution is 5.28. The summed E-state index contributed by atoms with van der Waals surface area (Å²) >= 11 is 0. The van der Waals surface area contributed by atoms with Gasteiger partial charge in [0, 0.05) is 6.54 Å². The molecule has 0 saturated carbocycles. The van der Waals surface area contributed by atoms with E-state index in [0.29, 0.717) is 0 Å². The second kappa shape index (κ2) is 4.07. The number of aromatic nitrogens is 2. The zero-order valence-corrected chi connectivity index (χ0v) is 7.56. The first-order valence-corrected chi connectivity index (χ1v) is 4.50. The van der Waals surface area contributed by atoms with E-state index in [9.17, 15) is 0 Å². The molecule has 1 N–H and O–H groups in total. The summed E-state index contributed by atoms with van der Waals surface area (Å²) in [4.78, 5) is 0. The van der Waals surface area contributed by atoms with Gasteiger partial charge < -0.3 is 10.1 Å². The molecule has 2 rings (SSSR count). The Morgan fingerprint density at radius 2 is 2.50 bits per heavy atom. The van der Waals surface area contributed by atoms with Gasteiger partial charge in [0.1, 0.15) is 12.2 Å². The Bertz CT molecular complexity index is 337. The normalized spacial score (nSPS) is 21.5. The largest absolute Gasteiger partial charge is 0.469 e. The van der Waals surface area contributed by atoms with Crippen molar-refractivity contribution in [2.45, 2.75) is 18.9 Å². The summed E-state index contributed by atoms with van der Waals surface area (Å²) < 4.78 is 9.88. The van der Waals surface area contributed by atoms with Crippen LogP contribution in [0.2, 0.25) is 0 Å². The van der Waals surface area contributed by atoms with Gasteiger partial charge in [0.15, 0.2) is 0 Å². The molecule has 1 fully saturated rings. The van der Waals surface area contributed by atoms with Crippen molar-refractivity contribution < 1.29 is 9.37 Å². The van der Waals surface area contributed by atoms with Gasteiger partial charge >= 0.3 is 0 Å². The molecule has 0 radical (unpaired) electrons. The van der Waals surface area contributed by atoms with Crippen LogP contribution in [0.1, 0.15) is 18.5 Å². The van der Waals surface area contributed by atoms with E-state index in [1.807, 2.05) is 6.07 Å². The summed E-state index contributed by atoms with van der Waals surface area (Å²) in [7, 11) is 0. The van der Waals surface area contributed by atoms with Crippen molar-refractivity contribution in [3.63, 3.8) is 0 Å². The molecule has 0 bridgehead atoms. The molecule has 0 aliphatic carbocycles. The number of hydrogen-bond donors (Lipinski definition) is 1. The summed E-state index contributed by atoms with van der Waals surface area (Å²) in [6.07, 6.45) is 2.09. The number of nitrogens with zero attached hydrogens (tertiary/aromatic N) is 3. The van der Waals surface area contributed by atoms with Crippen LogP contribution in [0.15, 0.2) is 4.63 Å². The average molecular weight is 194 g/mol. The van der Waals surface area contributed by atoms with Crippen molar-refractivity contribution in [1.29, 1.82) is 5.26 Å². The number of piperidine rings is 1. The quantitative estimate of drug-likeness (QED) is 0.717. The van der Waals surface area contributed by atoms with Crippen molar-refractivity contribution in [2.24, 2.45) is 0 Å². The minimum absolute atomic E-state index is 0.0581. The van der Waals surface area contributed by atoms with Crippen LogP contribution in [-0.2, 0) is 0 Å². The molecule has 2 heterocycles. The zero-order chi connectivity index (χ0) is 9.80. The maximum atomic E-state index is 8.63. The van der Waals surface area contributed by atoms with E-state index in [4.69, 9.17) is 10.00 Å². The smallest absolute Gasteiger partial charge is 0.294 e. The van der Waals surface area contributed by atoms with Crippen LogP contribution in [-0.4, -0.2) is 29.5 Å². The van der Waals surface area contributed by atoms with Crippen LogP contribution >= 0.6 is 0 Å². The van der Waals surface area contributed by atoms with Crippen LogP contribution in [0.4, 0.5) is 0 Å². The highest BCUT2D eigenvalue weighted by Gasteiger charge is 2.19. The Morgan fingerprint density at radius 3 is 3.21 bits per heavy atom. The molecule has 0 aromatic carbocycles. The lowest BCUT2D eigenvalue weighted by Crippen LogP contribution is -2.37. The molecule has 1 saturated heterocycles. The number of nitrogens with one attached hydrogen (secondary N) is 1. The van der Waals surface area contributed by atoms with Crippen molar-refractivity contribution in [1.82, 2.24) is 15.6 Å². The number of nitriles is 1. The SMILES string of the molecule is N#Cc1nonc1OC1CCCNC1. The monoisotopic (exact) mass is 194 g/mol. The zero-order valence-electron chi connectivity index (χ0n) is 7.56. The first kappa shape index (κ1) is 8.97. The van der Waals surface area contributed by atoms with Crippen LogP contribution in [0.5, 0.6) is 5.88 Å². The Kier molecular flexibility index (Phi) is 2.60. The fraction of sp³-hybridized carbons (Fsp3) is 0.625. The summed E-state index contributed by atoms with van der Waals surface area (Å²) in [6.45, 7) is 1.79. The molecular weight excluding hydrogens is 184 g/mol. The van der Waals surface area contributed by atoms with Crippen LogP contribution in [0.3, 0.4) is 0 Å². The first-order chi connectivity index (χ1) is 6.90. The number of hydrogen-bond acceptors (Lipinski definition) is 6. The van der Waals surface area contributed by atoms with Crippen LogP contribution < -0.4 is 10.1 Å². The predicted octanol–water partition coefficient (Wildman–Crippen LogP) is 0.0721. The van der Waals surface area contributed by atoms with Gasteiger partial charge in [0.05, 0.1) is 0 Å². The van der Waals surface area contributed by atoms with E-state index in [-0.39, 0.29) is 17.7 Å². The molecular formula is C8H10N4O2. The van der Waals surface area contributed by atoms with Gasteiger partial charge in [-0.05, 0) is 29.7 Å². The Labute approximate surface area is 80.8 Å². The van der Waals surface area contributed by atoms with Gasteiger partial charge in [0.2, 0.25) is 5.69 Å². The molecule has 1 aliphatic rings. The van der Waals surface area contributed by atoms with Gasteiger partial charge in [0.25, 0.3) is 5.88 Å². The van der Waals surface area contributed by atoms with E-state index in [1.54, 1.807) is 0 Å². The summed E-state index contributed by atoms with van der Waals surface area (Å²) in [6, 6.07) is 1.85. The van der Waals surface area contributed by atoms with Crippen molar-refractivity contribution in [3.05, 3.63) is 5.69 Å². The average Bonchev–Trinajstić information content (AvgIpc) is 2.67. The maximum Gasteiger partial charge on any atom is 0.294 e. The molecule has 1 aliphatic heterocycles. The van der Waals surface area contributed by atoms with E-state index in [2.05, 4.69) is 20.3 Å². The van der Waals surface area contributed by atoms with E-state index < -0.39 is 0 Å². The van der Waals surface area contributed by atoms with Gasteiger partial charge in [-0.15, -0.1) is 0 Å². The van der Waals surface area contributed by atoms with Crippen molar-refractivity contribution in [3.8, 4) is 11.9 Å². The minimum atomic E-state index is 0.0581. The van der Waals surface area contributed by atoms with Crippen molar-refractivity contribution in [2.75, 3.05) is 13.1 Å². The molecule has 14 heavy (non-hydrogen) atoms. The van der Waals surface area contributed by atoms with E-state index >= 15 is 0 Å². The minimum Gasteiger partial charge on any atom is -0.469 e. The third kappa shape index (κ3) is 1.83. The van der Waals surface area contributed by atoms with Crippen molar-refractivity contribution >= 4 is 0 Å². The Hall–Kier alpha value is -1.61. The molecule has 74 valence electrons. The highest BCUT2D eigenvalue weighted by Crippen LogP contribution is 2.15. The van der Waals surface area contributed by atoms with Crippen LogP contribution in [0, 0.1) is 11.3 Å². The molecule has 6 nitrogen and oxygen atoms in total. The highest BCUT2D eigenvalue weighted by atomic mass is 16.6. The molecule has 1 unspecified atom stereocenters. The van der Waals surface area contributed by atoms with E-state index in [0.717, 1.165) is 25.9 Å². The number of rotatable bonds is 2. The molecule has 1 aromatic rings. The van der Waals surface area contributed by atoms with Gasteiger partial charge in [-0.2, -0.15) is 5.26 Å². The standard InChI is InChI=1S/C8H10N4O2/c9-4-7-8(12-14-11-7)13-6-2-1-3-10-5-6/h6,10H,1-3,5H2. The molecule has 0 spiro atoms. The summed E-state index contributed by atoms with van der Waals surface area (Å²) in [5, 5.41) is 18.8. The van der Waals surface area contributed by atoms with Crippen LogP contribution in [0.25, 0.3) is 0 Å². The topological polar surface area (TPSA) is 84.0 Å². The fourth-order valence-electron chi connectivity index (χ4n) is 1.40.